The number of carbonyl (C=O) groups is 2. The van der Waals surface area contributed by atoms with Gasteiger partial charge in [0.2, 0.25) is 0 Å². The van der Waals surface area contributed by atoms with Crippen molar-refractivity contribution in [3.8, 4) is 16.9 Å². The van der Waals surface area contributed by atoms with Gasteiger partial charge in [0.1, 0.15) is 12.4 Å². The lowest BCUT2D eigenvalue weighted by Gasteiger charge is -2.35. The number of rotatable bonds is 3. The van der Waals surface area contributed by atoms with Gasteiger partial charge in [-0.1, -0.05) is 25.1 Å². The van der Waals surface area contributed by atoms with Crippen molar-refractivity contribution < 1.29 is 32.6 Å². The Labute approximate surface area is 195 Å². The van der Waals surface area contributed by atoms with Crippen molar-refractivity contribution in [3.63, 3.8) is 0 Å². The molecule has 2 amide bonds. The summed E-state index contributed by atoms with van der Waals surface area (Å²) >= 11 is 0. The van der Waals surface area contributed by atoms with Gasteiger partial charge in [-0.2, -0.15) is 13.2 Å². The van der Waals surface area contributed by atoms with Crippen molar-refractivity contribution in [3.05, 3.63) is 53.1 Å². The van der Waals surface area contributed by atoms with E-state index in [-0.39, 0.29) is 44.1 Å². The van der Waals surface area contributed by atoms with E-state index in [1.54, 1.807) is 17.0 Å². The van der Waals surface area contributed by atoms with Crippen LogP contribution in [0.2, 0.25) is 0 Å². The maximum atomic E-state index is 13.1. The van der Waals surface area contributed by atoms with Crippen LogP contribution in [0.1, 0.15) is 41.3 Å². The molecule has 2 aliphatic rings. The van der Waals surface area contributed by atoms with Crippen LogP contribution in [-0.2, 0) is 13.0 Å². The molecule has 2 aromatic carbocycles. The number of piperidine rings is 1. The monoisotopic (exact) mass is 476 g/mol. The van der Waals surface area contributed by atoms with Crippen molar-refractivity contribution in [2.45, 2.75) is 38.9 Å². The molecule has 0 aliphatic carbocycles. The Morgan fingerprint density at radius 1 is 1.03 bits per heavy atom. The zero-order chi connectivity index (χ0) is 24.5. The number of carboxylic acid groups (broad SMARTS) is 1. The molecular formula is C25H27F3N2O4. The first-order valence-corrected chi connectivity index (χ1v) is 11.4. The number of nitrogens with zero attached hydrogens (tertiary/aromatic N) is 2. The summed E-state index contributed by atoms with van der Waals surface area (Å²) in [5.74, 6) is -1.66. The third-order valence-corrected chi connectivity index (χ3v) is 6.59. The molecular weight excluding hydrogens is 449 g/mol. The van der Waals surface area contributed by atoms with E-state index in [9.17, 15) is 27.9 Å². The lowest BCUT2D eigenvalue weighted by molar-refractivity contribution is -0.183. The van der Waals surface area contributed by atoms with E-state index in [2.05, 4.69) is 0 Å². The van der Waals surface area contributed by atoms with Crippen molar-refractivity contribution in [2.24, 2.45) is 5.92 Å². The van der Waals surface area contributed by atoms with Crippen LogP contribution in [-0.4, -0.2) is 59.3 Å². The third kappa shape index (κ3) is 4.98. The van der Waals surface area contributed by atoms with E-state index in [0.717, 1.165) is 22.3 Å². The molecule has 0 saturated carbocycles. The van der Waals surface area contributed by atoms with E-state index in [1.165, 1.54) is 4.90 Å². The molecule has 0 atom stereocenters. The first-order chi connectivity index (χ1) is 16.2. The van der Waals surface area contributed by atoms with Crippen molar-refractivity contribution in [1.82, 2.24) is 9.80 Å². The second-order valence-corrected chi connectivity index (χ2v) is 8.71. The molecule has 2 aliphatic heterocycles. The first kappa shape index (κ1) is 23.9. The van der Waals surface area contributed by atoms with Crippen molar-refractivity contribution in [1.29, 1.82) is 0 Å². The highest BCUT2D eigenvalue weighted by Crippen LogP contribution is 2.35. The van der Waals surface area contributed by atoms with Gasteiger partial charge in [-0.05, 0) is 54.2 Å². The number of benzene rings is 2. The summed E-state index contributed by atoms with van der Waals surface area (Å²) in [4.78, 5) is 27.6. The zero-order valence-corrected chi connectivity index (χ0v) is 18.9. The fraction of sp³-hybridized carbons (Fsp3) is 0.440. The van der Waals surface area contributed by atoms with Gasteiger partial charge in [0.15, 0.2) is 0 Å². The molecule has 182 valence electrons. The summed E-state index contributed by atoms with van der Waals surface area (Å²) in [6, 6.07) is 10.6. The molecule has 1 N–H and O–H groups in total. The Kier molecular flexibility index (Phi) is 6.72. The standard InChI is InChI=1S/C25H27F3N2O4/c1-2-16-13-17(3-5-21(16)23(31)32)18-4-6-22-19(14-18)15-30(11-12-34-22)24(33)29-9-7-20(8-10-29)25(26,27)28/h3-6,13-14,20H,2,7-12,15H2,1H3,(H,31,32). The number of hydrogen-bond acceptors (Lipinski definition) is 3. The Morgan fingerprint density at radius 2 is 1.71 bits per heavy atom. The molecule has 0 bridgehead atoms. The second-order valence-electron chi connectivity index (χ2n) is 8.71. The van der Waals surface area contributed by atoms with Gasteiger partial charge < -0.3 is 19.6 Å². The van der Waals surface area contributed by atoms with Crippen LogP contribution >= 0.6 is 0 Å². The number of likely N-dealkylation sites (tertiary alicyclic amines) is 1. The Bertz CT molecular complexity index is 1080. The van der Waals surface area contributed by atoms with Crippen LogP contribution < -0.4 is 4.74 Å². The third-order valence-electron chi connectivity index (χ3n) is 6.59. The number of fused-ring (bicyclic) bond motifs is 1. The maximum absolute atomic E-state index is 13.1. The van der Waals surface area contributed by atoms with Crippen LogP contribution in [0.5, 0.6) is 5.75 Å². The van der Waals surface area contributed by atoms with Gasteiger partial charge in [-0.3, -0.25) is 0 Å². The molecule has 1 fully saturated rings. The number of amides is 2. The van der Waals surface area contributed by atoms with Gasteiger partial charge >= 0.3 is 18.2 Å². The molecule has 4 rings (SSSR count). The van der Waals surface area contributed by atoms with Crippen molar-refractivity contribution in [2.75, 3.05) is 26.2 Å². The molecule has 2 aromatic rings. The Hall–Kier alpha value is -3.23. The number of carboxylic acids is 1. The number of halogens is 3. The average molecular weight is 476 g/mol. The van der Waals surface area contributed by atoms with Crippen LogP contribution in [0.15, 0.2) is 36.4 Å². The highest BCUT2D eigenvalue weighted by Gasteiger charge is 2.42. The largest absolute Gasteiger partial charge is 0.491 e. The summed E-state index contributed by atoms with van der Waals surface area (Å²) in [6.45, 7) is 3.00. The number of aromatic carboxylic acids is 1. The van der Waals surface area contributed by atoms with E-state index in [4.69, 9.17) is 4.74 Å². The van der Waals surface area contributed by atoms with E-state index >= 15 is 0 Å². The van der Waals surface area contributed by atoms with Crippen LogP contribution in [0.4, 0.5) is 18.0 Å². The van der Waals surface area contributed by atoms with Crippen LogP contribution in [0.3, 0.4) is 0 Å². The Balaban J connectivity index is 1.52. The van der Waals surface area contributed by atoms with E-state index in [1.807, 2.05) is 31.2 Å². The molecule has 34 heavy (non-hydrogen) atoms. The fourth-order valence-electron chi connectivity index (χ4n) is 4.61. The number of urea groups is 1. The number of hydrogen-bond donors (Lipinski definition) is 1. The van der Waals surface area contributed by atoms with E-state index in [0.29, 0.717) is 25.3 Å². The molecule has 0 radical (unpaired) electrons. The normalized spacial score (nSPS) is 17.1. The number of alkyl halides is 3. The van der Waals surface area contributed by atoms with Crippen LogP contribution in [0.25, 0.3) is 11.1 Å². The molecule has 2 heterocycles. The smallest absolute Gasteiger partial charge is 0.391 e. The zero-order valence-electron chi connectivity index (χ0n) is 18.9. The Morgan fingerprint density at radius 3 is 2.35 bits per heavy atom. The molecule has 1 saturated heterocycles. The molecule has 0 aromatic heterocycles. The molecule has 9 heteroatoms. The second kappa shape index (κ2) is 9.56. The van der Waals surface area contributed by atoms with Gasteiger partial charge in [-0.25, -0.2) is 9.59 Å². The fourth-order valence-corrected chi connectivity index (χ4v) is 4.61. The minimum atomic E-state index is -4.22. The van der Waals surface area contributed by atoms with Gasteiger partial charge in [0.25, 0.3) is 0 Å². The predicted molar refractivity (Wildman–Crippen MR) is 120 cm³/mol. The average Bonchev–Trinajstić information content (AvgIpc) is 3.04. The SMILES string of the molecule is CCc1cc(-c2ccc3c(c2)CN(C(=O)N2CCC(C(F)(F)F)CC2)CCO3)ccc1C(=O)O. The maximum Gasteiger partial charge on any atom is 0.391 e. The minimum absolute atomic E-state index is 0.0770. The highest BCUT2D eigenvalue weighted by molar-refractivity contribution is 5.90. The van der Waals surface area contributed by atoms with Gasteiger partial charge in [-0.15, -0.1) is 0 Å². The summed E-state index contributed by atoms with van der Waals surface area (Å²) in [5.41, 5.74) is 3.54. The summed E-state index contributed by atoms with van der Waals surface area (Å²) in [6.07, 6.45) is -3.79. The van der Waals surface area contributed by atoms with Gasteiger partial charge in [0.05, 0.1) is 24.6 Å². The number of ether oxygens (including phenoxy) is 1. The first-order valence-electron chi connectivity index (χ1n) is 11.4. The lowest BCUT2D eigenvalue weighted by atomic mass is 9.96. The highest BCUT2D eigenvalue weighted by atomic mass is 19.4. The van der Waals surface area contributed by atoms with Crippen molar-refractivity contribution >= 4 is 12.0 Å². The summed E-state index contributed by atoms with van der Waals surface area (Å²) in [5, 5.41) is 9.38. The predicted octanol–water partition coefficient (Wildman–Crippen LogP) is 5.20. The molecule has 6 nitrogen and oxygen atoms in total. The summed E-state index contributed by atoms with van der Waals surface area (Å²) < 4.78 is 44.7. The van der Waals surface area contributed by atoms with E-state index < -0.39 is 18.1 Å². The number of carbonyl (C=O) groups excluding carboxylic acids is 1. The minimum Gasteiger partial charge on any atom is -0.491 e. The quantitative estimate of drug-likeness (QED) is 0.661. The van der Waals surface area contributed by atoms with Crippen LogP contribution in [0, 0.1) is 5.92 Å². The topological polar surface area (TPSA) is 70.1 Å². The lowest BCUT2D eigenvalue weighted by Crippen LogP contribution is -2.48. The number of aryl methyl sites for hydroxylation is 1. The molecule has 0 spiro atoms. The summed E-state index contributed by atoms with van der Waals surface area (Å²) in [7, 11) is 0. The van der Waals surface area contributed by atoms with Gasteiger partial charge in [0, 0.05) is 18.7 Å². The molecule has 0 unspecified atom stereocenters.